The van der Waals surface area contributed by atoms with Crippen molar-refractivity contribution in [1.29, 1.82) is 0 Å². The zero-order valence-electron chi connectivity index (χ0n) is 12.1. The molecule has 0 saturated heterocycles. The zero-order chi connectivity index (χ0) is 13.8. The molecule has 0 unspecified atom stereocenters. The average Bonchev–Trinajstić information content (AvgIpc) is 2.83. The lowest BCUT2D eigenvalue weighted by Gasteiger charge is -2.34. The van der Waals surface area contributed by atoms with Crippen molar-refractivity contribution in [2.75, 3.05) is 14.1 Å². The molecule has 1 N–H and O–H groups in total. The summed E-state index contributed by atoms with van der Waals surface area (Å²) < 4.78 is 5.47. The molecule has 19 heavy (non-hydrogen) atoms. The molecular formula is C15H24N2O2. The van der Waals surface area contributed by atoms with Gasteiger partial charge in [-0.2, -0.15) is 0 Å². The maximum atomic E-state index is 12.2. The van der Waals surface area contributed by atoms with Crippen molar-refractivity contribution in [3.8, 4) is 0 Å². The first-order valence-electron chi connectivity index (χ1n) is 7.08. The molecule has 1 saturated carbocycles. The monoisotopic (exact) mass is 264 g/mol. The van der Waals surface area contributed by atoms with Gasteiger partial charge in [-0.05, 0) is 51.8 Å². The molecule has 0 aliphatic heterocycles. The summed E-state index contributed by atoms with van der Waals surface area (Å²) in [5.74, 6) is 1.78. The smallest absolute Gasteiger partial charge is 0.230 e. The number of nitrogens with one attached hydrogen (secondary N) is 1. The Balaban J connectivity index is 1.85. The van der Waals surface area contributed by atoms with Gasteiger partial charge in [-0.25, -0.2) is 0 Å². The summed E-state index contributed by atoms with van der Waals surface area (Å²) in [4.78, 5) is 14.1. The largest absolute Gasteiger partial charge is 0.466 e. The van der Waals surface area contributed by atoms with Crippen molar-refractivity contribution < 1.29 is 9.21 Å². The topological polar surface area (TPSA) is 45.5 Å². The van der Waals surface area contributed by atoms with Crippen molar-refractivity contribution in [3.05, 3.63) is 23.7 Å². The van der Waals surface area contributed by atoms with Crippen molar-refractivity contribution in [3.63, 3.8) is 0 Å². The van der Waals surface area contributed by atoms with E-state index in [1.807, 2.05) is 38.1 Å². The fourth-order valence-electron chi connectivity index (χ4n) is 2.81. The number of amides is 1. The molecular weight excluding hydrogens is 240 g/mol. The number of likely N-dealkylation sites (N-methyl/N-ethyl adjacent to an activating group) is 1. The number of carbonyl (C=O) groups excluding carboxylic acids is 1. The normalized spacial score (nSPS) is 23.3. The first-order valence-corrected chi connectivity index (χ1v) is 7.08. The van der Waals surface area contributed by atoms with Gasteiger partial charge in [-0.15, -0.1) is 0 Å². The number of furan rings is 1. The summed E-state index contributed by atoms with van der Waals surface area (Å²) in [7, 11) is 3.93. The Morgan fingerprint density at radius 3 is 2.58 bits per heavy atom. The summed E-state index contributed by atoms with van der Waals surface area (Å²) in [6.45, 7) is 1.90. The number of hydrogen-bond donors (Lipinski definition) is 1. The maximum absolute atomic E-state index is 12.2. The summed E-state index contributed by atoms with van der Waals surface area (Å²) in [5.41, 5.74) is 0. The lowest BCUT2D eigenvalue weighted by atomic mass is 9.90. The van der Waals surface area contributed by atoms with E-state index in [1.165, 1.54) is 0 Å². The van der Waals surface area contributed by atoms with E-state index in [2.05, 4.69) is 5.32 Å². The molecule has 1 aliphatic rings. The van der Waals surface area contributed by atoms with Crippen molar-refractivity contribution in [2.24, 2.45) is 0 Å². The molecule has 0 spiro atoms. The van der Waals surface area contributed by atoms with Crippen molar-refractivity contribution in [1.82, 2.24) is 10.2 Å². The molecule has 1 aliphatic carbocycles. The van der Waals surface area contributed by atoms with Crippen LogP contribution in [0.15, 0.2) is 16.5 Å². The van der Waals surface area contributed by atoms with Gasteiger partial charge in [0.1, 0.15) is 11.5 Å². The second-order valence-corrected chi connectivity index (χ2v) is 5.49. The molecule has 1 aromatic heterocycles. The van der Waals surface area contributed by atoms with E-state index in [9.17, 15) is 4.79 Å². The molecule has 106 valence electrons. The Morgan fingerprint density at radius 2 is 2.05 bits per heavy atom. The van der Waals surface area contributed by atoms with Gasteiger partial charge in [0.05, 0.1) is 6.42 Å². The minimum absolute atomic E-state index is 0.155. The highest BCUT2D eigenvalue weighted by Gasteiger charge is 2.26. The van der Waals surface area contributed by atoms with Crippen LogP contribution in [-0.2, 0) is 11.2 Å². The third-order valence-corrected chi connectivity index (χ3v) is 4.17. The lowest BCUT2D eigenvalue weighted by Crippen LogP contribution is -2.43. The number of hydrogen-bond acceptors (Lipinski definition) is 3. The van der Waals surface area contributed by atoms with E-state index in [1.54, 1.807) is 0 Å². The molecule has 1 aromatic rings. The van der Waals surface area contributed by atoms with Crippen LogP contribution in [0.3, 0.4) is 0 Å². The molecule has 4 nitrogen and oxygen atoms in total. The number of rotatable bonds is 4. The van der Waals surface area contributed by atoms with Crippen molar-refractivity contribution >= 4 is 5.91 Å². The fourth-order valence-corrected chi connectivity index (χ4v) is 2.81. The van der Waals surface area contributed by atoms with E-state index >= 15 is 0 Å². The van der Waals surface area contributed by atoms with Crippen LogP contribution in [0.1, 0.15) is 37.2 Å². The molecule has 0 aromatic carbocycles. The van der Waals surface area contributed by atoms with E-state index in [4.69, 9.17) is 4.42 Å². The summed E-state index contributed by atoms with van der Waals surface area (Å²) >= 11 is 0. The predicted octanol–water partition coefficient (Wildman–Crippen LogP) is 2.12. The van der Waals surface area contributed by atoms with Crippen LogP contribution in [0, 0.1) is 6.92 Å². The quantitative estimate of drug-likeness (QED) is 0.906. The first-order chi connectivity index (χ1) is 9.10. The standard InChI is InChI=1S/C15H24N2O2/c1-11-4-9-14(19-11)10-15(18)17(3)13-7-5-12(16-2)6-8-13/h4,9,12-13,16H,5-8,10H2,1-3H3. The van der Waals surface area contributed by atoms with Gasteiger partial charge >= 0.3 is 0 Å². The molecule has 1 amide bonds. The van der Waals surface area contributed by atoms with Crippen LogP contribution >= 0.6 is 0 Å². The molecule has 1 heterocycles. The number of aryl methyl sites for hydroxylation is 1. The summed E-state index contributed by atoms with van der Waals surface area (Å²) in [5, 5.41) is 3.32. The number of carbonyl (C=O) groups is 1. The Morgan fingerprint density at radius 1 is 1.37 bits per heavy atom. The first kappa shape index (κ1) is 14.1. The van der Waals surface area contributed by atoms with E-state index in [0.29, 0.717) is 18.5 Å². The van der Waals surface area contributed by atoms with Crippen LogP contribution < -0.4 is 5.32 Å². The van der Waals surface area contributed by atoms with Gasteiger partial charge in [0, 0.05) is 19.1 Å². The Hall–Kier alpha value is -1.29. The van der Waals surface area contributed by atoms with Gasteiger partial charge < -0.3 is 14.6 Å². The van der Waals surface area contributed by atoms with Gasteiger partial charge in [0.2, 0.25) is 5.91 Å². The summed E-state index contributed by atoms with van der Waals surface area (Å²) in [6, 6.07) is 4.79. The van der Waals surface area contributed by atoms with E-state index in [0.717, 1.165) is 37.2 Å². The van der Waals surface area contributed by atoms with Crippen molar-refractivity contribution in [2.45, 2.75) is 51.1 Å². The number of nitrogens with zero attached hydrogens (tertiary/aromatic N) is 1. The molecule has 4 heteroatoms. The Bertz CT molecular complexity index is 420. The van der Waals surface area contributed by atoms with Gasteiger partial charge in [0.25, 0.3) is 0 Å². The van der Waals surface area contributed by atoms with Gasteiger partial charge in [-0.1, -0.05) is 0 Å². The molecule has 0 radical (unpaired) electrons. The highest BCUT2D eigenvalue weighted by Crippen LogP contribution is 2.22. The maximum Gasteiger partial charge on any atom is 0.230 e. The van der Waals surface area contributed by atoms with Gasteiger partial charge in [0.15, 0.2) is 0 Å². The molecule has 0 bridgehead atoms. The second-order valence-electron chi connectivity index (χ2n) is 5.49. The average molecular weight is 264 g/mol. The third kappa shape index (κ3) is 3.60. The van der Waals surface area contributed by atoms with E-state index in [-0.39, 0.29) is 5.91 Å². The highest BCUT2D eigenvalue weighted by molar-refractivity contribution is 5.78. The summed E-state index contributed by atoms with van der Waals surface area (Å²) in [6.07, 6.45) is 4.85. The SMILES string of the molecule is CNC1CCC(N(C)C(=O)Cc2ccc(C)o2)CC1. The minimum Gasteiger partial charge on any atom is -0.466 e. The highest BCUT2D eigenvalue weighted by atomic mass is 16.3. The minimum atomic E-state index is 0.155. The van der Waals surface area contributed by atoms with Crippen LogP contribution in [0.2, 0.25) is 0 Å². The lowest BCUT2D eigenvalue weighted by molar-refractivity contribution is -0.132. The van der Waals surface area contributed by atoms with Crippen LogP contribution in [0.25, 0.3) is 0 Å². The van der Waals surface area contributed by atoms with E-state index < -0.39 is 0 Å². The predicted molar refractivity (Wildman–Crippen MR) is 75.0 cm³/mol. The van der Waals surface area contributed by atoms with Crippen LogP contribution in [0.5, 0.6) is 0 Å². The zero-order valence-corrected chi connectivity index (χ0v) is 12.1. The Kier molecular flexibility index (Phi) is 4.64. The molecule has 0 atom stereocenters. The Labute approximate surface area is 115 Å². The molecule has 1 fully saturated rings. The van der Waals surface area contributed by atoms with Gasteiger partial charge in [-0.3, -0.25) is 4.79 Å². The third-order valence-electron chi connectivity index (χ3n) is 4.17. The molecule has 2 rings (SSSR count). The fraction of sp³-hybridized carbons (Fsp3) is 0.667. The second kappa shape index (κ2) is 6.24. The van der Waals surface area contributed by atoms with Crippen LogP contribution in [0.4, 0.5) is 0 Å². The van der Waals surface area contributed by atoms with Crippen LogP contribution in [-0.4, -0.2) is 37.0 Å².